The van der Waals surface area contributed by atoms with E-state index in [-0.39, 0.29) is 11.8 Å². The summed E-state index contributed by atoms with van der Waals surface area (Å²) < 4.78 is 19.3. The van der Waals surface area contributed by atoms with Gasteiger partial charge in [-0.2, -0.15) is 0 Å². The van der Waals surface area contributed by atoms with Crippen LogP contribution in [0.2, 0.25) is 0 Å². The second-order valence-corrected chi connectivity index (χ2v) is 4.78. The number of aliphatic imine (C=N–C) groups is 1. The van der Waals surface area contributed by atoms with E-state index in [1.54, 1.807) is 12.1 Å². The topological polar surface area (TPSA) is 21.6 Å². The van der Waals surface area contributed by atoms with Crippen molar-refractivity contribution >= 4 is 16.8 Å². The summed E-state index contributed by atoms with van der Waals surface area (Å²) in [6.45, 7) is 5.63. The lowest BCUT2D eigenvalue weighted by Crippen LogP contribution is -2.38. The standard InChI is InChI=1S/C12H13ClFNO/c1-7-12(2,3)16-10-8(11(13)15-7)5-4-6-9(10)14/h4-7H,1-3H3. The van der Waals surface area contributed by atoms with Gasteiger partial charge in [0.25, 0.3) is 0 Å². The van der Waals surface area contributed by atoms with Gasteiger partial charge < -0.3 is 4.74 Å². The molecule has 0 bridgehead atoms. The third kappa shape index (κ3) is 1.80. The fourth-order valence-corrected chi connectivity index (χ4v) is 1.81. The van der Waals surface area contributed by atoms with Crippen molar-refractivity contribution in [3.8, 4) is 5.75 Å². The van der Waals surface area contributed by atoms with Crippen LogP contribution >= 0.6 is 11.6 Å². The normalized spacial score (nSPS) is 22.8. The summed E-state index contributed by atoms with van der Waals surface area (Å²) in [5.41, 5.74) is -0.0628. The van der Waals surface area contributed by atoms with Crippen molar-refractivity contribution in [2.45, 2.75) is 32.4 Å². The van der Waals surface area contributed by atoms with Crippen LogP contribution in [0.3, 0.4) is 0 Å². The molecule has 1 atom stereocenters. The molecule has 2 nitrogen and oxygen atoms in total. The minimum atomic E-state index is -0.576. The lowest BCUT2D eigenvalue weighted by atomic mass is 10.0. The highest BCUT2D eigenvalue weighted by molar-refractivity contribution is 6.70. The van der Waals surface area contributed by atoms with E-state index in [9.17, 15) is 4.39 Å². The number of hydrogen-bond acceptors (Lipinski definition) is 2. The largest absolute Gasteiger partial charge is 0.482 e. The van der Waals surface area contributed by atoms with Gasteiger partial charge in [0.1, 0.15) is 10.8 Å². The molecule has 0 N–H and O–H groups in total. The summed E-state index contributed by atoms with van der Waals surface area (Å²) >= 11 is 6.05. The first-order valence-corrected chi connectivity index (χ1v) is 5.51. The van der Waals surface area contributed by atoms with Crippen molar-refractivity contribution in [2.75, 3.05) is 0 Å². The van der Waals surface area contributed by atoms with Crippen LogP contribution < -0.4 is 4.74 Å². The summed E-state index contributed by atoms with van der Waals surface area (Å²) in [6, 6.07) is 4.53. The van der Waals surface area contributed by atoms with Gasteiger partial charge in [0.2, 0.25) is 0 Å². The molecule has 1 aliphatic heterocycles. The fourth-order valence-electron chi connectivity index (χ4n) is 1.52. The molecular formula is C12H13ClFNO. The molecule has 2 rings (SSSR count). The van der Waals surface area contributed by atoms with Crippen molar-refractivity contribution < 1.29 is 9.13 Å². The molecule has 0 amide bonds. The molecule has 86 valence electrons. The van der Waals surface area contributed by atoms with Gasteiger partial charge in [0, 0.05) is 0 Å². The molecule has 0 spiro atoms. The maximum absolute atomic E-state index is 13.7. The summed E-state index contributed by atoms with van der Waals surface area (Å²) in [6.07, 6.45) is 0. The molecule has 16 heavy (non-hydrogen) atoms. The minimum absolute atomic E-state index is 0.133. The van der Waals surface area contributed by atoms with Gasteiger partial charge in [0.05, 0.1) is 11.6 Å². The third-order valence-corrected chi connectivity index (χ3v) is 3.17. The second-order valence-electron chi connectivity index (χ2n) is 4.42. The van der Waals surface area contributed by atoms with Gasteiger partial charge in [-0.3, -0.25) is 4.99 Å². The van der Waals surface area contributed by atoms with Gasteiger partial charge in [0.15, 0.2) is 11.6 Å². The van der Waals surface area contributed by atoms with Crippen LogP contribution in [-0.4, -0.2) is 16.8 Å². The molecule has 1 aromatic carbocycles. The van der Waals surface area contributed by atoms with Crippen molar-refractivity contribution in [3.63, 3.8) is 0 Å². The highest BCUT2D eigenvalue weighted by Crippen LogP contribution is 2.33. The summed E-state index contributed by atoms with van der Waals surface area (Å²) in [7, 11) is 0. The molecule has 0 saturated carbocycles. The molecule has 1 aromatic rings. The van der Waals surface area contributed by atoms with Gasteiger partial charge in [-0.15, -0.1) is 0 Å². The summed E-state index contributed by atoms with van der Waals surface area (Å²) in [4.78, 5) is 4.30. The van der Waals surface area contributed by atoms with Crippen molar-refractivity contribution in [1.82, 2.24) is 0 Å². The maximum Gasteiger partial charge on any atom is 0.166 e. The minimum Gasteiger partial charge on any atom is -0.482 e. The smallest absolute Gasteiger partial charge is 0.166 e. The molecule has 0 radical (unpaired) electrons. The first kappa shape index (κ1) is 11.4. The van der Waals surface area contributed by atoms with E-state index in [1.165, 1.54) is 6.07 Å². The highest BCUT2D eigenvalue weighted by atomic mass is 35.5. The number of nitrogens with zero attached hydrogens (tertiary/aromatic N) is 1. The second kappa shape index (κ2) is 3.74. The van der Waals surface area contributed by atoms with Crippen molar-refractivity contribution in [3.05, 3.63) is 29.6 Å². The van der Waals surface area contributed by atoms with Crippen LogP contribution in [0.4, 0.5) is 4.39 Å². The average Bonchev–Trinajstić information content (AvgIpc) is 2.27. The monoisotopic (exact) mass is 241 g/mol. The Kier molecular flexibility index (Phi) is 2.66. The predicted molar refractivity (Wildman–Crippen MR) is 63.0 cm³/mol. The first-order valence-electron chi connectivity index (χ1n) is 5.13. The van der Waals surface area contributed by atoms with Crippen molar-refractivity contribution in [1.29, 1.82) is 0 Å². The predicted octanol–water partition coefficient (Wildman–Crippen LogP) is 3.37. The van der Waals surface area contributed by atoms with E-state index >= 15 is 0 Å². The molecule has 4 heteroatoms. The Hall–Kier alpha value is -1.09. The molecular weight excluding hydrogens is 229 g/mol. The lowest BCUT2D eigenvalue weighted by Gasteiger charge is -2.28. The van der Waals surface area contributed by atoms with Gasteiger partial charge in [-0.05, 0) is 32.9 Å². The quantitative estimate of drug-likeness (QED) is 0.683. The Bertz CT molecular complexity index is 456. The van der Waals surface area contributed by atoms with Crippen LogP contribution in [0.15, 0.2) is 23.2 Å². The molecule has 1 unspecified atom stereocenters. The number of ether oxygens (including phenoxy) is 1. The highest BCUT2D eigenvalue weighted by Gasteiger charge is 2.33. The zero-order chi connectivity index (χ0) is 11.9. The molecule has 1 aliphatic rings. The summed E-state index contributed by atoms with van der Waals surface area (Å²) in [5.74, 6) is -0.223. The Morgan fingerprint density at radius 3 is 2.81 bits per heavy atom. The van der Waals surface area contributed by atoms with Gasteiger partial charge >= 0.3 is 0 Å². The number of fused-ring (bicyclic) bond motifs is 1. The van der Waals surface area contributed by atoms with E-state index < -0.39 is 11.4 Å². The number of rotatable bonds is 0. The van der Waals surface area contributed by atoms with Crippen LogP contribution in [0.25, 0.3) is 0 Å². The number of halogens is 2. The third-order valence-electron chi connectivity index (χ3n) is 2.87. The first-order chi connectivity index (χ1) is 7.42. The Balaban J connectivity index is 2.62. The Morgan fingerprint density at radius 1 is 1.44 bits per heavy atom. The van der Waals surface area contributed by atoms with E-state index in [4.69, 9.17) is 16.3 Å². The van der Waals surface area contributed by atoms with Crippen molar-refractivity contribution in [2.24, 2.45) is 4.99 Å². The molecule has 0 saturated heterocycles. The number of para-hydroxylation sites is 1. The van der Waals surface area contributed by atoms with E-state index in [0.29, 0.717) is 10.7 Å². The van der Waals surface area contributed by atoms with Crippen LogP contribution in [0.1, 0.15) is 26.3 Å². The Morgan fingerprint density at radius 2 is 2.12 bits per heavy atom. The molecule has 0 aliphatic carbocycles. The van der Waals surface area contributed by atoms with Gasteiger partial charge in [-0.1, -0.05) is 17.7 Å². The fraction of sp³-hybridized carbons (Fsp3) is 0.417. The van der Waals surface area contributed by atoms with Crippen LogP contribution in [0, 0.1) is 5.82 Å². The maximum atomic E-state index is 13.7. The average molecular weight is 242 g/mol. The SMILES string of the molecule is CC1N=C(Cl)c2cccc(F)c2OC1(C)C. The molecule has 0 fully saturated rings. The van der Waals surface area contributed by atoms with E-state index in [1.807, 2.05) is 20.8 Å². The summed E-state index contributed by atoms with van der Waals surface area (Å²) in [5, 5.41) is 0.299. The van der Waals surface area contributed by atoms with Gasteiger partial charge in [-0.25, -0.2) is 4.39 Å². The van der Waals surface area contributed by atoms with E-state index in [2.05, 4.69) is 4.99 Å². The number of hydrogen-bond donors (Lipinski definition) is 0. The van der Waals surface area contributed by atoms with Crippen LogP contribution in [-0.2, 0) is 0 Å². The molecule has 0 aromatic heterocycles. The zero-order valence-electron chi connectivity index (χ0n) is 9.42. The molecule has 1 heterocycles. The zero-order valence-corrected chi connectivity index (χ0v) is 10.2. The lowest BCUT2D eigenvalue weighted by molar-refractivity contribution is 0.0841. The Labute approximate surface area is 99.1 Å². The number of benzene rings is 1. The van der Waals surface area contributed by atoms with Crippen LogP contribution in [0.5, 0.6) is 5.75 Å². The van der Waals surface area contributed by atoms with E-state index in [0.717, 1.165) is 0 Å².